The second-order valence-corrected chi connectivity index (χ2v) is 7.34. The minimum absolute atomic E-state index is 0.0609. The number of furan rings is 1. The Hall–Kier alpha value is -3.53. The number of ether oxygens (including phenoxy) is 1. The topological polar surface area (TPSA) is 42.7 Å². The van der Waals surface area contributed by atoms with Crippen molar-refractivity contribution in [3.8, 4) is 0 Å². The van der Waals surface area contributed by atoms with Crippen LogP contribution in [0.2, 0.25) is 0 Å². The zero-order valence-electron chi connectivity index (χ0n) is 16.2. The van der Waals surface area contributed by atoms with E-state index in [0.29, 0.717) is 5.56 Å². The fourth-order valence-electron chi connectivity index (χ4n) is 4.24. The van der Waals surface area contributed by atoms with Crippen LogP contribution in [0.25, 0.3) is 11.0 Å². The standard InChI is InChI=1S/C25H21NO3/c1-28-25(27)20-12-7-11-19-21(23-14-18-10-5-6-13-22(18)29-23)16-26(24(19)20)15-17-8-3-2-4-9-17/h2-14,21H,15-16H2,1H3. The number of methoxy groups -OCH3 is 1. The molecule has 4 heteroatoms. The van der Waals surface area contributed by atoms with Gasteiger partial charge in [-0.05, 0) is 29.3 Å². The van der Waals surface area contributed by atoms with Crippen LogP contribution >= 0.6 is 0 Å². The van der Waals surface area contributed by atoms with E-state index in [1.807, 2.05) is 48.5 Å². The summed E-state index contributed by atoms with van der Waals surface area (Å²) in [5.74, 6) is 0.668. The van der Waals surface area contributed by atoms with E-state index in [4.69, 9.17) is 9.15 Å². The van der Waals surface area contributed by atoms with Crippen LogP contribution in [0.4, 0.5) is 5.69 Å². The van der Waals surface area contributed by atoms with Gasteiger partial charge in [0.15, 0.2) is 0 Å². The van der Waals surface area contributed by atoms with Crippen LogP contribution in [0.5, 0.6) is 0 Å². The van der Waals surface area contributed by atoms with E-state index < -0.39 is 0 Å². The quantitative estimate of drug-likeness (QED) is 0.444. The Balaban J connectivity index is 1.61. The maximum absolute atomic E-state index is 12.5. The molecule has 1 atom stereocenters. The lowest BCUT2D eigenvalue weighted by Gasteiger charge is -2.21. The van der Waals surface area contributed by atoms with Crippen LogP contribution in [-0.2, 0) is 11.3 Å². The molecule has 0 saturated heterocycles. The zero-order valence-corrected chi connectivity index (χ0v) is 16.2. The molecule has 0 spiro atoms. The third kappa shape index (κ3) is 3.07. The first-order valence-electron chi connectivity index (χ1n) is 9.73. The summed E-state index contributed by atoms with van der Waals surface area (Å²) in [6.45, 7) is 1.47. The van der Waals surface area contributed by atoms with Gasteiger partial charge in [0.05, 0.1) is 24.3 Å². The molecule has 0 bridgehead atoms. The van der Waals surface area contributed by atoms with E-state index in [1.54, 1.807) is 0 Å². The van der Waals surface area contributed by atoms with Crippen molar-refractivity contribution in [1.29, 1.82) is 0 Å². The SMILES string of the molecule is COC(=O)c1cccc2c1N(Cc1ccccc1)CC2c1cc2ccccc2o1. The molecule has 0 aliphatic carbocycles. The van der Waals surface area contributed by atoms with Gasteiger partial charge in [-0.3, -0.25) is 0 Å². The average Bonchev–Trinajstić information content (AvgIpc) is 3.35. The highest BCUT2D eigenvalue weighted by atomic mass is 16.5. The smallest absolute Gasteiger partial charge is 0.339 e. The third-order valence-corrected chi connectivity index (χ3v) is 5.57. The lowest BCUT2D eigenvalue weighted by atomic mass is 9.96. The minimum Gasteiger partial charge on any atom is -0.465 e. The molecule has 1 unspecified atom stereocenters. The molecule has 29 heavy (non-hydrogen) atoms. The van der Waals surface area contributed by atoms with Crippen molar-refractivity contribution in [2.75, 3.05) is 18.6 Å². The number of esters is 1. The van der Waals surface area contributed by atoms with E-state index in [-0.39, 0.29) is 11.9 Å². The van der Waals surface area contributed by atoms with Crippen molar-refractivity contribution in [2.45, 2.75) is 12.5 Å². The predicted octanol–water partition coefficient (Wildman–Crippen LogP) is 5.37. The summed E-state index contributed by atoms with van der Waals surface area (Å²) in [6.07, 6.45) is 0. The Bertz CT molecular complexity index is 1150. The maximum Gasteiger partial charge on any atom is 0.339 e. The van der Waals surface area contributed by atoms with Gasteiger partial charge >= 0.3 is 5.97 Å². The third-order valence-electron chi connectivity index (χ3n) is 5.57. The molecule has 5 rings (SSSR count). The highest BCUT2D eigenvalue weighted by Gasteiger charge is 2.35. The minimum atomic E-state index is -0.315. The van der Waals surface area contributed by atoms with Gasteiger partial charge in [0.25, 0.3) is 0 Å². The second-order valence-electron chi connectivity index (χ2n) is 7.34. The molecule has 2 heterocycles. The second kappa shape index (κ2) is 7.13. The molecule has 1 aliphatic rings. The molecular weight excluding hydrogens is 362 g/mol. The lowest BCUT2D eigenvalue weighted by molar-refractivity contribution is 0.0601. The van der Waals surface area contributed by atoms with E-state index in [0.717, 1.165) is 41.1 Å². The first-order chi connectivity index (χ1) is 14.2. The zero-order chi connectivity index (χ0) is 19.8. The molecule has 0 amide bonds. The number of nitrogens with zero attached hydrogens (tertiary/aromatic N) is 1. The monoisotopic (exact) mass is 383 g/mol. The molecule has 4 aromatic rings. The molecule has 0 saturated carbocycles. The summed E-state index contributed by atoms with van der Waals surface area (Å²) in [5, 5.41) is 1.09. The Kier molecular flexibility index (Phi) is 4.32. The van der Waals surface area contributed by atoms with E-state index in [1.165, 1.54) is 12.7 Å². The van der Waals surface area contributed by atoms with Crippen LogP contribution in [0, 0.1) is 0 Å². The van der Waals surface area contributed by atoms with Gasteiger partial charge in [0.2, 0.25) is 0 Å². The van der Waals surface area contributed by atoms with Crippen LogP contribution < -0.4 is 4.90 Å². The number of fused-ring (bicyclic) bond motifs is 2. The number of hydrogen-bond donors (Lipinski definition) is 0. The summed E-state index contributed by atoms with van der Waals surface area (Å²) in [5.41, 5.74) is 4.72. The normalized spacial score (nSPS) is 15.5. The summed E-state index contributed by atoms with van der Waals surface area (Å²) in [7, 11) is 1.43. The number of hydrogen-bond acceptors (Lipinski definition) is 4. The van der Waals surface area contributed by atoms with Gasteiger partial charge in [0.1, 0.15) is 11.3 Å². The number of carbonyl (C=O) groups is 1. The number of carbonyl (C=O) groups excluding carboxylic acids is 1. The first kappa shape index (κ1) is 17.6. The maximum atomic E-state index is 12.5. The summed E-state index contributed by atoms with van der Waals surface area (Å²) in [4.78, 5) is 14.7. The predicted molar refractivity (Wildman–Crippen MR) is 113 cm³/mol. The van der Waals surface area contributed by atoms with Crippen molar-refractivity contribution in [3.63, 3.8) is 0 Å². The molecule has 3 aromatic carbocycles. The number of benzene rings is 3. The van der Waals surface area contributed by atoms with Gasteiger partial charge in [0, 0.05) is 18.5 Å². The molecule has 1 aromatic heterocycles. The summed E-state index contributed by atoms with van der Waals surface area (Å²) in [6, 6.07) is 26.3. The fraction of sp³-hybridized carbons (Fsp3) is 0.160. The van der Waals surface area contributed by atoms with Gasteiger partial charge < -0.3 is 14.1 Å². The molecule has 4 nitrogen and oxygen atoms in total. The Morgan fingerprint density at radius 3 is 2.62 bits per heavy atom. The molecule has 0 N–H and O–H groups in total. The highest BCUT2D eigenvalue weighted by Crippen LogP contribution is 2.44. The van der Waals surface area contributed by atoms with Crippen molar-refractivity contribution in [1.82, 2.24) is 0 Å². The Labute approximate surface area is 169 Å². The van der Waals surface area contributed by atoms with Crippen LogP contribution in [0.3, 0.4) is 0 Å². The molecule has 0 fully saturated rings. The summed E-state index contributed by atoms with van der Waals surface area (Å²) >= 11 is 0. The molecule has 1 aliphatic heterocycles. The van der Waals surface area contributed by atoms with E-state index in [2.05, 4.69) is 35.2 Å². The van der Waals surface area contributed by atoms with Gasteiger partial charge in [-0.2, -0.15) is 0 Å². The van der Waals surface area contributed by atoms with Crippen molar-refractivity contribution in [2.24, 2.45) is 0 Å². The number of rotatable bonds is 4. The average molecular weight is 383 g/mol. The van der Waals surface area contributed by atoms with Gasteiger partial charge in [-0.1, -0.05) is 60.7 Å². The summed E-state index contributed by atoms with van der Waals surface area (Å²) < 4.78 is 11.3. The van der Waals surface area contributed by atoms with Crippen LogP contribution in [0.1, 0.15) is 33.2 Å². The van der Waals surface area contributed by atoms with Gasteiger partial charge in [-0.15, -0.1) is 0 Å². The lowest BCUT2D eigenvalue weighted by Crippen LogP contribution is -2.23. The molecule has 0 radical (unpaired) electrons. The van der Waals surface area contributed by atoms with Crippen LogP contribution in [0.15, 0.2) is 83.3 Å². The fourth-order valence-corrected chi connectivity index (χ4v) is 4.24. The number of para-hydroxylation sites is 2. The Morgan fingerprint density at radius 1 is 1.03 bits per heavy atom. The van der Waals surface area contributed by atoms with Gasteiger partial charge in [-0.25, -0.2) is 4.79 Å². The Morgan fingerprint density at radius 2 is 1.83 bits per heavy atom. The molecule has 144 valence electrons. The van der Waals surface area contributed by atoms with E-state index in [9.17, 15) is 4.79 Å². The largest absolute Gasteiger partial charge is 0.465 e. The van der Waals surface area contributed by atoms with Crippen LogP contribution in [-0.4, -0.2) is 19.6 Å². The highest BCUT2D eigenvalue weighted by molar-refractivity contribution is 5.97. The van der Waals surface area contributed by atoms with E-state index >= 15 is 0 Å². The van der Waals surface area contributed by atoms with Crippen molar-refractivity contribution >= 4 is 22.6 Å². The van der Waals surface area contributed by atoms with Crippen molar-refractivity contribution < 1.29 is 13.9 Å². The number of anilines is 1. The van der Waals surface area contributed by atoms with Crippen molar-refractivity contribution in [3.05, 3.63) is 101 Å². The first-order valence-corrected chi connectivity index (χ1v) is 9.73. The molecular formula is C25H21NO3.